The number of quaternary nitrogens is 1. The molecular weight excluding hydrogens is 606 g/mol. The summed E-state index contributed by atoms with van der Waals surface area (Å²) in [4.78, 5) is 36.5. The van der Waals surface area contributed by atoms with Crippen LogP contribution in [-0.4, -0.2) is 75.5 Å². The lowest BCUT2D eigenvalue weighted by molar-refractivity contribution is -0.889. The molecule has 0 radical (unpaired) electrons. The average molecular weight is 670 g/mol. The Hall–Kier alpha value is -3.49. The molecule has 0 saturated heterocycles. The van der Waals surface area contributed by atoms with Gasteiger partial charge in [-0.3, -0.25) is 9.59 Å². The Morgan fingerprint density at radius 1 is 0.646 bits per heavy atom. The van der Waals surface area contributed by atoms with E-state index in [0.29, 0.717) is 12.8 Å². The van der Waals surface area contributed by atoms with Gasteiger partial charge in [0.15, 0.2) is 6.10 Å². The summed E-state index contributed by atoms with van der Waals surface area (Å²) in [5, 5.41) is 11.5. The van der Waals surface area contributed by atoms with Crippen molar-refractivity contribution >= 4 is 17.9 Å². The molecule has 2 atom stereocenters. The van der Waals surface area contributed by atoms with E-state index in [0.717, 1.165) is 51.4 Å². The monoisotopic (exact) mass is 669 g/mol. The Bertz CT molecular complexity index is 1060. The molecule has 2 unspecified atom stereocenters. The first-order chi connectivity index (χ1) is 23.1. The molecule has 0 aliphatic rings. The van der Waals surface area contributed by atoms with E-state index in [1.54, 1.807) is 21.1 Å². The van der Waals surface area contributed by atoms with Gasteiger partial charge < -0.3 is 28.6 Å². The highest BCUT2D eigenvalue weighted by Crippen LogP contribution is 2.10. The van der Waals surface area contributed by atoms with Gasteiger partial charge in [-0.05, 0) is 57.8 Å². The molecule has 0 aliphatic heterocycles. The SMILES string of the molecule is CC/C=C/C=C/C=C/C=C/CCCCCC(=O)OCC(COCCC(C(=O)[O-])[N+](C)(C)C)OC(=O)CCC/C=C/C/C=C/C/C=C/CC. The van der Waals surface area contributed by atoms with Gasteiger partial charge in [0.05, 0.1) is 40.3 Å². The van der Waals surface area contributed by atoms with Gasteiger partial charge >= 0.3 is 11.9 Å². The molecule has 0 aromatic carbocycles. The smallest absolute Gasteiger partial charge is 0.306 e. The summed E-state index contributed by atoms with van der Waals surface area (Å²) < 4.78 is 16.9. The number of likely N-dealkylation sites (N-methyl/N-ethyl adjacent to an activating group) is 1. The fraction of sp³-hybridized carbons (Fsp3) is 0.575. The molecule has 0 aromatic heterocycles. The summed E-state index contributed by atoms with van der Waals surface area (Å²) >= 11 is 0. The number of carboxylic acids is 1. The van der Waals surface area contributed by atoms with Crippen LogP contribution in [0.15, 0.2) is 85.1 Å². The molecule has 0 N–H and O–H groups in total. The number of carboxylic acid groups (broad SMARTS) is 1. The fourth-order valence-corrected chi connectivity index (χ4v) is 4.40. The van der Waals surface area contributed by atoms with E-state index in [1.807, 2.05) is 36.5 Å². The third-order valence-electron chi connectivity index (χ3n) is 7.12. The third-order valence-corrected chi connectivity index (χ3v) is 7.12. The Kier molecular flexibility index (Phi) is 28.6. The summed E-state index contributed by atoms with van der Waals surface area (Å²) in [6.45, 7) is 4.25. The van der Waals surface area contributed by atoms with Gasteiger partial charge in [0.25, 0.3) is 0 Å². The highest BCUT2D eigenvalue weighted by atomic mass is 16.6. The zero-order valence-electron chi connectivity index (χ0n) is 30.4. The topological polar surface area (TPSA) is 102 Å². The van der Waals surface area contributed by atoms with Crippen molar-refractivity contribution in [3.05, 3.63) is 85.1 Å². The van der Waals surface area contributed by atoms with Gasteiger partial charge in [-0.25, -0.2) is 0 Å². The lowest BCUT2D eigenvalue weighted by Crippen LogP contribution is -2.55. The fourth-order valence-electron chi connectivity index (χ4n) is 4.40. The van der Waals surface area contributed by atoms with Crippen LogP contribution in [0.4, 0.5) is 0 Å². The minimum absolute atomic E-state index is 0.00161. The second kappa shape index (κ2) is 30.8. The number of ether oxygens (including phenoxy) is 3. The maximum absolute atomic E-state index is 12.6. The molecule has 0 spiro atoms. The second-order valence-electron chi connectivity index (χ2n) is 12.4. The number of hydrogen-bond donors (Lipinski definition) is 0. The maximum Gasteiger partial charge on any atom is 0.306 e. The van der Waals surface area contributed by atoms with Crippen LogP contribution >= 0.6 is 0 Å². The van der Waals surface area contributed by atoms with Crippen molar-refractivity contribution in [2.75, 3.05) is 41.0 Å². The van der Waals surface area contributed by atoms with Crippen molar-refractivity contribution in [3.8, 4) is 0 Å². The largest absolute Gasteiger partial charge is 0.544 e. The number of unbranched alkanes of at least 4 members (excludes halogenated alkanes) is 4. The van der Waals surface area contributed by atoms with E-state index < -0.39 is 18.1 Å². The van der Waals surface area contributed by atoms with Crippen LogP contribution in [0, 0.1) is 0 Å². The summed E-state index contributed by atoms with van der Waals surface area (Å²) in [6, 6.07) is -0.743. The highest BCUT2D eigenvalue weighted by Gasteiger charge is 2.25. The van der Waals surface area contributed by atoms with Crippen molar-refractivity contribution in [2.45, 2.75) is 109 Å². The molecule has 0 aliphatic carbocycles. The Labute approximate surface area is 291 Å². The summed E-state index contributed by atoms with van der Waals surface area (Å²) in [7, 11) is 5.35. The summed E-state index contributed by atoms with van der Waals surface area (Å²) in [5.41, 5.74) is 0. The maximum atomic E-state index is 12.6. The molecular formula is C40H63NO7. The molecule has 0 fully saturated rings. The van der Waals surface area contributed by atoms with E-state index in [2.05, 4.69) is 62.5 Å². The summed E-state index contributed by atoms with van der Waals surface area (Å²) in [5.74, 6) is -1.88. The molecule has 0 heterocycles. The van der Waals surface area contributed by atoms with E-state index in [-0.39, 0.29) is 55.5 Å². The van der Waals surface area contributed by atoms with E-state index in [1.165, 1.54) is 0 Å². The zero-order chi connectivity index (χ0) is 35.7. The Balaban J connectivity index is 4.63. The third kappa shape index (κ3) is 28.7. The number of allylic oxidation sites excluding steroid dienone is 14. The summed E-state index contributed by atoms with van der Waals surface area (Å²) in [6.07, 6.45) is 37.7. The van der Waals surface area contributed by atoms with Gasteiger partial charge in [-0.15, -0.1) is 0 Å². The van der Waals surface area contributed by atoms with Gasteiger partial charge in [-0.2, -0.15) is 0 Å². The van der Waals surface area contributed by atoms with E-state index in [9.17, 15) is 19.5 Å². The quantitative estimate of drug-likeness (QED) is 0.0271. The molecule has 0 bridgehead atoms. The predicted octanol–water partition coefficient (Wildman–Crippen LogP) is 7.29. The molecule has 8 nitrogen and oxygen atoms in total. The van der Waals surface area contributed by atoms with Crippen LogP contribution in [-0.2, 0) is 28.6 Å². The van der Waals surface area contributed by atoms with E-state index >= 15 is 0 Å². The van der Waals surface area contributed by atoms with Crippen LogP contribution in [0.2, 0.25) is 0 Å². The van der Waals surface area contributed by atoms with Crippen molar-refractivity contribution in [2.24, 2.45) is 0 Å². The normalized spacial score (nSPS) is 14.1. The first-order valence-electron chi connectivity index (χ1n) is 17.7. The Morgan fingerprint density at radius 3 is 1.88 bits per heavy atom. The highest BCUT2D eigenvalue weighted by molar-refractivity contribution is 5.70. The zero-order valence-corrected chi connectivity index (χ0v) is 30.4. The minimum atomic E-state index is -1.14. The lowest BCUT2D eigenvalue weighted by Gasteiger charge is -2.34. The average Bonchev–Trinajstić information content (AvgIpc) is 3.03. The number of hydrogen-bond acceptors (Lipinski definition) is 7. The van der Waals surface area contributed by atoms with Gasteiger partial charge in [-0.1, -0.05) is 105 Å². The Morgan fingerprint density at radius 2 is 1.23 bits per heavy atom. The minimum Gasteiger partial charge on any atom is -0.544 e. The second-order valence-corrected chi connectivity index (χ2v) is 12.4. The van der Waals surface area contributed by atoms with Crippen LogP contribution in [0.25, 0.3) is 0 Å². The molecule has 48 heavy (non-hydrogen) atoms. The van der Waals surface area contributed by atoms with Crippen LogP contribution < -0.4 is 5.11 Å². The standard InChI is InChI=1S/C40H63NO7/c1-6-8-10-12-14-16-18-19-21-22-24-26-28-30-38(42)47-35-36(34-46-33-32-37(40(44)45)41(3,4)5)48-39(43)31-29-27-25-23-20-17-15-13-11-9-7-2/h8-12,14-19,21,23,25,36-37H,6-7,13,20,22,24,26-35H2,1-5H3/b10-8+,11-9+,14-12+,17-15+,18-16+,21-19+,25-23+. The molecule has 0 amide bonds. The van der Waals surface area contributed by atoms with Crippen molar-refractivity contribution in [1.29, 1.82) is 0 Å². The number of rotatable bonds is 29. The van der Waals surface area contributed by atoms with Gasteiger partial charge in [0, 0.05) is 19.3 Å². The van der Waals surface area contributed by atoms with Crippen LogP contribution in [0.1, 0.15) is 97.3 Å². The number of nitrogens with zero attached hydrogens (tertiary/aromatic N) is 1. The molecule has 0 rings (SSSR count). The molecule has 0 saturated carbocycles. The number of esters is 2. The number of aliphatic carboxylic acids is 1. The van der Waals surface area contributed by atoms with Gasteiger partial charge in [0.1, 0.15) is 12.6 Å². The first-order valence-corrected chi connectivity index (χ1v) is 17.7. The predicted molar refractivity (Wildman–Crippen MR) is 194 cm³/mol. The lowest BCUT2D eigenvalue weighted by atomic mass is 10.1. The number of carbonyl (C=O) groups excluding carboxylic acids is 3. The van der Waals surface area contributed by atoms with Gasteiger partial charge in [0.2, 0.25) is 0 Å². The van der Waals surface area contributed by atoms with Crippen molar-refractivity contribution in [3.63, 3.8) is 0 Å². The molecule has 270 valence electrons. The molecule has 8 heteroatoms. The van der Waals surface area contributed by atoms with Crippen LogP contribution in [0.3, 0.4) is 0 Å². The van der Waals surface area contributed by atoms with Crippen molar-refractivity contribution < 1.29 is 38.2 Å². The first kappa shape index (κ1) is 44.5. The molecule has 0 aromatic rings. The van der Waals surface area contributed by atoms with Crippen LogP contribution in [0.5, 0.6) is 0 Å². The van der Waals surface area contributed by atoms with E-state index in [4.69, 9.17) is 14.2 Å². The number of carbonyl (C=O) groups is 3. The van der Waals surface area contributed by atoms with Crippen molar-refractivity contribution in [1.82, 2.24) is 0 Å².